The van der Waals surface area contributed by atoms with Gasteiger partial charge in [0.25, 0.3) is 0 Å². The number of aliphatic hydroxyl groups is 2. The van der Waals surface area contributed by atoms with E-state index in [1.807, 2.05) is 13.8 Å². The second kappa shape index (κ2) is 7.25. The van der Waals surface area contributed by atoms with Crippen LogP contribution in [0.3, 0.4) is 0 Å². The van der Waals surface area contributed by atoms with Gasteiger partial charge in [0.2, 0.25) is 0 Å². The predicted octanol–water partition coefficient (Wildman–Crippen LogP) is 2.10. The third-order valence-electron chi connectivity index (χ3n) is 3.32. The summed E-state index contributed by atoms with van der Waals surface area (Å²) in [6, 6.07) is 0. The molecule has 0 radical (unpaired) electrons. The summed E-state index contributed by atoms with van der Waals surface area (Å²) in [5.41, 5.74) is 0. The molecular formula is C13H26O3. The molecule has 3 unspecified atom stereocenters. The van der Waals surface area contributed by atoms with Gasteiger partial charge in [0.05, 0.1) is 24.9 Å². The quantitative estimate of drug-likeness (QED) is 0.711. The molecule has 0 aromatic rings. The van der Waals surface area contributed by atoms with E-state index in [4.69, 9.17) is 4.74 Å². The van der Waals surface area contributed by atoms with Gasteiger partial charge in [-0.05, 0) is 39.0 Å². The van der Waals surface area contributed by atoms with Crippen LogP contribution >= 0.6 is 0 Å². The van der Waals surface area contributed by atoms with Crippen molar-refractivity contribution in [2.24, 2.45) is 5.92 Å². The van der Waals surface area contributed by atoms with Gasteiger partial charge in [-0.15, -0.1) is 0 Å². The monoisotopic (exact) mass is 230 g/mol. The molecule has 3 heteroatoms. The maximum atomic E-state index is 9.92. The first-order valence-corrected chi connectivity index (χ1v) is 6.57. The Morgan fingerprint density at radius 3 is 2.56 bits per heavy atom. The van der Waals surface area contributed by atoms with Gasteiger partial charge in [-0.2, -0.15) is 0 Å². The molecule has 1 rings (SSSR count). The lowest BCUT2D eigenvalue weighted by Gasteiger charge is -2.23. The molecule has 0 heterocycles. The minimum Gasteiger partial charge on any atom is -0.393 e. The first-order chi connectivity index (χ1) is 7.59. The Morgan fingerprint density at radius 1 is 1.19 bits per heavy atom. The average molecular weight is 230 g/mol. The van der Waals surface area contributed by atoms with E-state index >= 15 is 0 Å². The third-order valence-corrected chi connectivity index (χ3v) is 3.32. The van der Waals surface area contributed by atoms with Crippen molar-refractivity contribution in [2.45, 2.75) is 70.7 Å². The van der Waals surface area contributed by atoms with E-state index in [0.29, 0.717) is 13.0 Å². The summed E-state index contributed by atoms with van der Waals surface area (Å²) in [5, 5.41) is 19.7. The fourth-order valence-corrected chi connectivity index (χ4v) is 2.36. The number of ether oxygens (including phenoxy) is 1. The summed E-state index contributed by atoms with van der Waals surface area (Å²) < 4.78 is 5.38. The molecule has 0 aromatic heterocycles. The molecule has 1 aliphatic rings. The Labute approximate surface area is 98.8 Å². The first-order valence-electron chi connectivity index (χ1n) is 6.57. The van der Waals surface area contributed by atoms with E-state index in [1.54, 1.807) is 0 Å². The summed E-state index contributed by atoms with van der Waals surface area (Å²) >= 11 is 0. The topological polar surface area (TPSA) is 49.7 Å². The van der Waals surface area contributed by atoms with Crippen LogP contribution in [0.1, 0.15) is 52.4 Å². The minimum absolute atomic E-state index is 0.161. The Morgan fingerprint density at radius 2 is 1.88 bits per heavy atom. The van der Waals surface area contributed by atoms with Gasteiger partial charge < -0.3 is 14.9 Å². The standard InChI is InChI=1S/C13H26O3/c1-10(2)16-9-12(14)8-11-6-4-3-5-7-13(11)15/h10-15H,3-9H2,1-2H3. The van der Waals surface area contributed by atoms with E-state index in [9.17, 15) is 10.2 Å². The highest BCUT2D eigenvalue weighted by Crippen LogP contribution is 2.27. The summed E-state index contributed by atoms with van der Waals surface area (Å²) in [6.07, 6.45) is 5.63. The van der Waals surface area contributed by atoms with Gasteiger partial charge in [0.15, 0.2) is 0 Å². The first kappa shape index (κ1) is 13.9. The second-order valence-electron chi connectivity index (χ2n) is 5.24. The lowest BCUT2D eigenvalue weighted by molar-refractivity contribution is -0.0168. The highest BCUT2D eigenvalue weighted by atomic mass is 16.5. The largest absolute Gasteiger partial charge is 0.393 e. The van der Waals surface area contributed by atoms with Crippen molar-refractivity contribution in [1.29, 1.82) is 0 Å². The molecule has 0 amide bonds. The van der Waals surface area contributed by atoms with Gasteiger partial charge in [-0.25, -0.2) is 0 Å². The van der Waals surface area contributed by atoms with Crippen LogP contribution in [0.25, 0.3) is 0 Å². The predicted molar refractivity (Wildman–Crippen MR) is 64.3 cm³/mol. The molecule has 16 heavy (non-hydrogen) atoms. The van der Waals surface area contributed by atoms with Gasteiger partial charge in [0, 0.05) is 0 Å². The highest BCUT2D eigenvalue weighted by Gasteiger charge is 2.24. The molecule has 3 nitrogen and oxygen atoms in total. The summed E-state index contributed by atoms with van der Waals surface area (Å²) in [5.74, 6) is 0.258. The van der Waals surface area contributed by atoms with E-state index in [1.165, 1.54) is 12.8 Å². The molecule has 3 atom stereocenters. The van der Waals surface area contributed by atoms with Crippen LogP contribution < -0.4 is 0 Å². The number of rotatable bonds is 5. The summed E-state index contributed by atoms with van der Waals surface area (Å²) in [4.78, 5) is 0. The fourth-order valence-electron chi connectivity index (χ4n) is 2.36. The van der Waals surface area contributed by atoms with E-state index in [-0.39, 0.29) is 18.1 Å². The number of hydrogen-bond donors (Lipinski definition) is 2. The molecule has 0 spiro atoms. The Hall–Kier alpha value is -0.120. The van der Waals surface area contributed by atoms with Crippen LogP contribution in [0, 0.1) is 5.92 Å². The zero-order valence-corrected chi connectivity index (χ0v) is 10.6. The Bertz CT molecular complexity index is 182. The molecule has 1 saturated carbocycles. The highest BCUT2D eigenvalue weighted by molar-refractivity contribution is 4.75. The van der Waals surface area contributed by atoms with Crippen molar-refractivity contribution < 1.29 is 14.9 Å². The third kappa shape index (κ3) is 5.28. The Balaban J connectivity index is 2.27. The maximum absolute atomic E-state index is 9.92. The molecule has 0 bridgehead atoms. The molecule has 96 valence electrons. The van der Waals surface area contributed by atoms with Crippen LogP contribution in [-0.2, 0) is 4.74 Å². The van der Waals surface area contributed by atoms with Crippen LogP contribution in [0.5, 0.6) is 0 Å². The molecule has 1 fully saturated rings. The van der Waals surface area contributed by atoms with Gasteiger partial charge in [-0.1, -0.05) is 19.3 Å². The smallest absolute Gasteiger partial charge is 0.0777 e. The van der Waals surface area contributed by atoms with E-state index in [2.05, 4.69) is 0 Å². The molecule has 0 saturated heterocycles. The van der Waals surface area contributed by atoms with E-state index in [0.717, 1.165) is 19.3 Å². The van der Waals surface area contributed by atoms with Crippen molar-refractivity contribution >= 4 is 0 Å². The van der Waals surface area contributed by atoms with Gasteiger partial charge in [0.1, 0.15) is 0 Å². The minimum atomic E-state index is -0.430. The Kier molecular flexibility index (Phi) is 6.32. The normalized spacial score (nSPS) is 29.1. The second-order valence-corrected chi connectivity index (χ2v) is 5.24. The van der Waals surface area contributed by atoms with Crippen molar-refractivity contribution in [2.75, 3.05) is 6.61 Å². The molecular weight excluding hydrogens is 204 g/mol. The summed E-state index contributed by atoms with van der Waals surface area (Å²) in [6.45, 7) is 4.32. The van der Waals surface area contributed by atoms with Crippen molar-refractivity contribution in [3.8, 4) is 0 Å². The fraction of sp³-hybridized carbons (Fsp3) is 1.00. The molecule has 0 aliphatic heterocycles. The van der Waals surface area contributed by atoms with Gasteiger partial charge in [-0.3, -0.25) is 0 Å². The van der Waals surface area contributed by atoms with Crippen LogP contribution in [0.4, 0.5) is 0 Å². The van der Waals surface area contributed by atoms with Crippen molar-refractivity contribution in [3.05, 3.63) is 0 Å². The zero-order valence-electron chi connectivity index (χ0n) is 10.6. The molecule has 1 aliphatic carbocycles. The van der Waals surface area contributed by atoms with Crippen molar-refractivity contribution in [1.82, 2.24) is 0 Å². The van der Waals surface area contributed by atoms with Crippen LogP contribution in [-0.4, -0.2) is 35.1 Å². The van der Waals surface area contributed by atoms with Crippen LogP contribution in [0.15, 0.2) is 0 Å². The number of aliphatic hydroxyl groups excluding tert-OH is 2. The number of hydrogen-bond acceptors (Lipinski definition) is 3. The molecule has 2 N–H and O–H groups in total. The average Bonchev–Trinajstić information content (AvgIpc) is 2.42. The van der Waals surface area contributed by atoms with E-state index < -0.39 is 6.10 Å². The van der Waals surface area contributed by atoms with Crippen molar-refractivity contribution in [3.63, 3.8) is 0 Å². The lowest BCUT2D eigenvalue weighted by atomic mass is 9.91. The molecule has 0 aromatic carbocycles. The lowest BCUT2D eigenvalue weighted by Crippen LogP contribution is -2.27. The maximum Gasteiger partial charge on any atom is 0.0777 e. The SMILES string of the molecule is CC(C)OCC(O)CC1CCCCCC1O. The van der Waals surface area contributed by atoms with Gasteiger partial charge >= 0.3 is 0 Å². The zero-order chi connectivity index (χ0) is 12.0. The van der Waals surface area contributed by atoms with Crippen LogP contribution in [0.2, 0.25) is 0 Å². The summed E-state index contributed by atoms with van der Waals surface area (Å²) in [7, 11) is 0.